The van der Waals surface area contributed by atoms with Crippen molar-refractivity contribution in [2.75, 3.05) is 47.4 Å². The lowest BCUT2D eigenvalue weighted by Crippen LogP contribution is -2.39. The van der Waals surface area contributed by atoms with Crippen LogP contribution in [0.15, 0.2) is 0 Å². The van der Waals surface area contributed by atoms with Crippen LogP contribution >= 0.6 is 11.8 Å². The van der Waals surface area contributed by atoms with Gasteiger partial charge in [-0.2, -0.15) is 0 Å². The van der Waals surface area contributed by atoms with Crippen molar-refractivity contribution in [3.63, 3.8) is 0 Å². The Morgan fingerprint density at radius 3 is 2.71 bits per heavy atom. The van der Waals surface area contributed by atoms with Gasteiger partial charge < -0.3 is 15.0 Å². The molecule has 1 fully saturated rings. The van der Waals surface area contributed by atoms with Gasteiger partial charge in [-0.05, 0) is 20.9 Å². The van der Waals surface area contributed by atoms with E-state index in [-0.39, 0.29) is 47.1 Å². The average Bonchev–Trinajstić information content (AvgIpc) is 2.75. The molecule has 0 spiro atoms. The predicted molar refractivity (Wildman–Crippen MR) is 94.9 cm³/mol. The summed E-state index contributed by atoms with van der Waals surface area (Å²) < 4.78 is 4.91. The third kappa shape index (κ3) is 6.41. The number of nitrogens with zero attached hydrogens (tertiary/aromatic N) is 2. The van der Waals surface area contributed by atoms with Crippen molar-refractivity contribution >= 4 is 29.5 Å². The first-order chi connectivity index (χ1) is 11.2. The molecule has 1 aliphatic rings. The Labute approximate surface area is 148 Å². The topological polar surface area (TPSA) is 79.0 Å². The van der Waals surface area contributed by atoms with Crippen LogP contribution in [0.3, 0.4) is 0 Å². The van der Waals surface area contributed by atoms with Gasteiger partial charge in [-0.1, -0.05) is 0 Å². The monoisotopic (exact) mass is 359 g/mol. The summed E-state index contributed by atoms with van der Waals surface area (Å²) in [5, 5.41) is 2.13. The Morgan fingerprint density at radius 1 is 1.46 bits per heavy atom. The first-order valence-corrected chi connectivity index (χ1v) is 8.98. The Hall–Kier alpha value is -1.12. The number of thioether (sulfide) groups is 1. The fourth-order valence-corrected chi connectivity index (χ4v) is 4.24. The molecule has 1 rings (SSSR count). The highest BCUT2D eigenvalue weighted by Gasteiger charge is 2.41. The van der Waals surface area contributed by atoms with E-state index in [2.05, 4.69) is 24.1 Å². The second-order valence-electron chi connectivity index (χ2n) is 6.61. The van der Waals surface area contributed by atoms with Gasteiger partial charge in [0.15, 0.2) is 0 Å². The molecule has 1 saturated heterocycles. The summed E-state index contributed by atoms with van der Waals surface area (Å²) in [6.45, 7) is 6.57. The molecule has 1 heterocycles. The molecule has 0 aromatic heterocycles. The van der Waals surface area contributed by atoms with Gasteiger partial charge in [0, 0.05) is 51.4 Å². The van der Waals surface area contributed by atoms with Crippen molar-refractivity contribution in [1.82, 2.24) is 15.1 Å². The van der Waals surface area contributed by atoms with Crippen LogP contribution in [0.4, 0.5) is 0 Å². The maximum atomic E-state index is 12.5. The number of ether oxygens (including phenoxy) is 1. The minimum atomic E-state index is -0.368. The molecule has 0 bridgehead atoms. The number of nitrogens with one attached hydrogen (secondary N) is 1. The van der Waals surface area contributed by atoms with Gasteiger partial charge in [0.2, 0.25) is 17.7 Å². The number of carbonyl (C=O) groups excluding carboxylic acids is 3. The molecule has 8 heteroatoms. The number of hydrogen-bond acceptors (Lipinski definition) is 6. The van der Waals surface area contributed by atoms with E-state index in [9.17, 15) is 14.4 Å². The molecule has 1 N–H and O–H groups in total. The van der Waals surface area contributed by atoms with Crippen molar-refractivity contribution in [3.8, 4) is 0 Å². The number of hydrogen-bond donors (Lipinski definition) is 1. The first-order valence-electron chi connectivity index (χ1n) is 8.10. The quantitative estimate of drug-likeness (QED) is 0.567. The number of rotatable bonds is 10. The smallest absolute Gasteiger partial charge is 0.242 e. The lowest BCUT2D eigenvalue weighted by molar-refractivity contribution is -0.138. The maximum absolute atomic E-state index is 12.5. The summed E-state index contributed by atoms with van der Waals surface area (Å²) in [5.41, 5.74) is 0. The van der Waals surface area contributed by atoms with Crippen LogP contribution < -0.4 is 5.32 Å². The van der Waals surface area contributed by atoms with E-state index in [1.807, 2.05) is 7.05 Å². The third-order valence-electron chi connectivity index (χ3n) is 3.83. The summed E-state index contributed by atoms with van der Waals surface area (Å²) in [7, 11) is 5.22. The molecule has 0 radical (unpaired) electrons. The highest BCUT2D eigenvalue weighted by atomic mass is 32.2. The van der Waals surface area contributed by atoms with Crippen LogP contribution in [0.1, 0.15) is 26.7 Å². The summed E-state index contributed by atoms with van der Waals surface area (Å²) in [5.74, 6) is -0.543. The lowest BCUT2D eigenvalue weighted by atomic mass is 10.2. The van der Waals surface area contributed by atoms with Gasteiger partial charge in [-0.25, -0.2) is 0 Å². The summed E-state index contributed by atoms with van der Waals surface area (Å²) in [6, 6.07) is 0. The molecular weight excluding hydrogens is 330 g/mol. The largest absolute Gasteiger partial charge is 0.383 e. The van der Waals surface area contributed by atoms with E-state index in [1.165, 1.54) is 23.7 Å². The molecule has 0 aromatic rings. The number of imide groups is 1. The number of amides is 3. The summed E-state index contributed by atoms with van der Waals surface area (Å²) >= 11 is 1.53. The van der Waals surface area contributed by atoms with Crippen molar-refractivity contribution in [2.45, 2.75) is 36.7 Å². The second kappa shape index (κ2) is 9.39. The summed E-state index contributed by atoms with van der Waals surface area (Å²) in [6.07, 6.45) is 0.358. The fourth-order valence-electron chi connectivity index (χ4n) is 2.72. The Balaban J connectivity index is 2.56. The van der Waals surface area contributed by atoms with E-state index in [1.54, 1.807) is 7.11 Å². The molecule has 24 heavy (non-hydrogen) atoms. The molecule has 1 atom stereocenters. The van der Waals surface area contributed by atoms with Gasteiger partial charge in [0.25, 0.3) is 0 Å². The minimum absolute atomic E-state index is 0.147. The Morgan fingerprint density at radius 2 is 2.12 bits per heavy atom. The van der Waals surface area contributed by atoms with E-state index in [4.69, 9.17) is 4.74 Å². The van der Waals surface area contributed by atoms with Crippen LogP contribution in [0.25, 0.3) is 0 Å². The number of likely N-dealkylation sites (tertiary alicyclic amines) is 1. The summed E-state index contributed by atoms with van der Waals surface area (Å²) in [4.78, 5) is 39.2. The molecule has 7 nitrogen and oxygen atoms in total. The SMILES string of the molecule is CNC(=O)CCN1C(=O)CC(SC(C)(C)CN(C)CCOC)C1=O. The molecule has 1 unspecified atom stereocenters. The molecule has 1 aliphatic heterocycles. The molecule has 0 aromatic carbocycles. The number of methoxy groups -OCH3 is 1. The zero-order valence-corrected chi connectivity index (χ0v) is 16.1. The Kier molecular flexibility index (Phi) is 8.18. The van der Waals surface area contributed by atoms with E-state index in [0.717, 1.165) is 13.1 Å². The van der Waals surface area contributed by atoms with Crippen LogP contribution in [-0.2, 0) is 19.1 Å². The minimum Gasteiger partial charge on any atom is -0.383 e. The number of carbonyl (C=O) groups is 3. The molecular formula is C16H29N3O4S. The van der Waals surface area contributed by atoms with E-state index in [0.29, 0.717) is 6.61 Å². The molecule has 0 aliphatic carbocycles. The van der Waals surface area contributed by atoms with Crippen LogP contribution in [0, 0.1) is 0 Å². The Bertz CT molecular complexity index is 470. The van der Waals surface area contributed by atoms with Gasteiger partial charge in [-0.15, -0.1) is 11.8 Å². The van der Waals surface area contributed by atoms with Gasteiger partial charge in [0.05, 0.1) is 11.9 Å². The number of likely N-dealkylation sites (N-methyl/N-ethyl adjacent to an activating group) is 1. The van der Waals surface area contributed by atoms with Crippen LogP contribution in [0.5, 0.6) is 0 Å². The lowest BCUT2D eigenvalue weighted by Gasteiger charge is -2.31. The van der Waals surface area contributed by atoms with Crippen LogP contribution in [0.2, 0.25) is 0 Å². The van der Waals surface area contributed by atoms with Gasteiger partial charge in [0.1, 0.15) is 0 Å². The fraction of sp³-hybridized carbons (Fsp3) is 0.812. The highest BCUT2D eigenvalue weighted by Crippen LogP contribution is 2.35. The van der Waals surface area contributed by atoms with E-state index < -0.39 is 0 Å². The van der Waals surface area contributed by atoms with Crippen molar-refractivity contribution in [3.05, 3.63) is 0 Å². The molecule has 0 saturated carbocycles. The molecule has 138 valence electrons. The van der Waals surface area contributed by atoms with Gasteiger partial charge >= 0.3 is 0 Å². The molecule has 3 amide bonds. The van der Waals surface area contributed by atoms with E-state index >= 15 is 0 Å². The van der Waals surface area contributed by atoms with Crippen LogP contribution in [-0.4, -0.2) is 85.0 Å². The standard InChI is InChI=1S/C16H29N3O4S/c1-16(2,11-18(4)8-9-23-5)24-12-10-14(21)19(15(12)22)7-6-13(20)17-3/h12H,6-11H2,1-5H3,(H,17,20). The highest BCUT2D eigenvalue weighted by molar-refractivity contribution is 8.02. The van der Waals surface area contributed by atoms with Crippen molar-refractivity contribution in [2.24, 2.45) is 0 Å². The first kappa shape index (κ1) is 20.9. The second-order valence-corrected chi connectivity index (χ2v) is 8.52. The maximum Gasteiger partial charge on any atom is 0.242 e. The van der Waals surface area contributed by atoms with Crippen molar-refractivity contribution in [1.29, 1.82) is 0 Å². The van der Waals surface area contributed by atoms with Gasteiger partial charge in [-0.3, -0.25) is 19.3 Å². The average molecular weight is 359 g/mol. The zero-order chi connectivity index (χ0) is 18.3. The third-order valence-corrected chi connectivity index (χ3v) is 5.25. The zero-order valence-electron chi connectivity index (χ0n) is 15.3. The predicted octanol–water partition coefficient (Wildman–Crippen LogP) is 0.340. The normalized spacial score (nSPS) is 18.6. The van der Waals surface area contributed by atoms with Crippen molar-refractivity contribution < 1.29 is 19.1 Å².